The van der Waals surface area contributed by atoms with Gasteiger partial charge in [-0.1, -0.05) is 40.2 Å². The largest absolute Gasteiger partial charge is 0.348 e. The van der Waals surface area contributed by atoms with Gasteiger partial charge in [-0.25, -0.2) is 0 Å². The first-order valence-electron chi connectivity index (χ1n) is 7.97. The zero-order chi connectivity index (χ0) is 17.1. The van der Waals surface area contributed by atoms with Crippen molar-refractivity contribution in [3.63, 3.8) is 0 Å². The zero-order valence-electron chi connectivity index (χ0n) is 13.4. The van der Waals surface area contributed by atoms with Gasteiger partial charge in [0.05, 0.1) is 10.9 Å². The maximum Gasteiger partial charge on any atom is 0.264 e. The molecule has 0 spiro atoms. The second-order valence-corrected chi connectivity index (χ2v) is 7.69. The number of likely N-dealkylation sites (tertiary alicyclic amines) is 1. The predicted octanol–water partition coefficient (Wildman–Crippen LogP) is 3.99. The lowest BCUT2D eigenvalue weighted by Crippen LogP contribution is -2.46. The molecule has 0 saturated carbocycles. The molecule has 1 saturated heterocycles. The number of rotatable bonds is 4. The van der Waals surface area contributed by atoms with E-state index in [2.05, 4.69) is 21.2 Å². The van der Waals surface area contributed by atoms with Crippen LogP contribution in [0.3, 0.4) is 0 Å². The van der Waals surface area contributed by atoms with Gasteiger partial charge in [0.15, 0.2) is 0 Å². The zero-order valence-corrected chi connectivity index (χ0v) is 15.8. The molecule has 1 aliphatic rings. The van der Waals surface area contributed by atoms with Crippen molar-refractivity contribution in [2.24, 2.45) is 0 Å². The number of nitrogens with zero attached hydrogens (tertiary/aromatic N) is 1. The van der Waals surface area contributed by atoms with Crippen LogP contribution in [0.5, 0.6) is 0 Å². The fraction of sp³-hybridized carbons (Fsp3) is 0.333. The molecule has 2 heterocycles. The van der Waals surface area contributed by atoms with Crippen LogP contribution in [0.15, 0.2) is 46.3 Å². The molecule has 4 nitrogen and oxygen atoms in total. The van der Waals surface area contributed by atoms with Crippen molar-refractivity contribution in [1.82, 2.24) is 10.2 Å². The molecule has 0 unspecified atom stereocenters. The molecule has 0 aliphatic carbocycles. The van der Waals surface area contributed by atoms with Gasteiger partial charge in [0.25, 0.3) is 5.91 Å². The third kappa shape index (κ3) is 3.54. The minimum Gasteiger partial charge on any atom is -0.348 e. The molecule has 6 heteroatoms. The van der Waals surface area contributed by atoms with Gasteiger partial charge in [0, 0.05) is 11.0 Å². The topological polar surface area (TPSA) is 49.4 Å². The van der Waals surface area contributed by atoms with Gasteiger partial charge in [0.2, 0.25) is 5.91 Å². The van der Waals surface area contributed by atoms with Gasteiger partial charge in [-0.15, -0.1) is 11.3 Å². The summed E-state index contributed by atoms with van der Waals surface area (Å²) >= 11 is 4.93. The van der Waals surface area contributed by atoms with Crippen LogP contribution < -0.4 is 5.32 Å². The maximum atomic E-state index is 12.7. The molecule has 2 aromatic rings. The summed E-state index contributed by atoms with van der Waals surface area (Å²) in [6, 6.07) is 11.0. The summed E-state index contributed by atoms with van der Waals surface area (Å²) in [5.41, 5.74) is 1.03. The van der Waals surface area contributed by atoms with E-state index in [4.69, 9.17) is 0 Å². The van der Waals surface area contributed by atoms with Crippen LogP contribution in [0.25, 0.3) is 0 Å². The van der Waals surface area contributed by atoms with Crippen molar-refractivity contribution >= 4 is 39.1 Å². The van der Waals surface area contributed by atoms with Crippen LogP contribution in [0.1, 0.15) is 41.0 Å². The van der Waals surface area contributed by atoms with Gasteiger partial charge in [-0.3, -0.25) is 9.59 Å². The van der Waals surface area contributed by atoms with E-state index >= 15 is 0 Å². The van der Waals surface area contributed by atoms with Crippen molar-refractivity contribution in [1.29, 1.82) is 0 Å². The van der Waals surface area contributed by atoms with E-state index in [0.717, 1.165) is 16.5 Å². The molecule has 126 valence electrons. The number of amides is 2. The Hall–Kier alpha value is -1.66. The number of benzene rings is 1. The van der Waals surface area contributed by atoms with Crippen molar-refractivity contribution in [3.05, 3.63) is 56.7 Å². The van der Waals surface area contributed by atoms with Crippen molar-refractivity contribution in [2.75, 3.05) is 6.54 Å². The number of halogens is 1. The van der Waals surface area contributed by atoms with E-state index in [0.29, 0.717) is 17.8 Å². The second-order valence-electron chi connectivity index (χ2n) is 5.89. The molecule has 1 aliphatic heterocycles. The van der Waals surface area contributed by atoms with E-state index in [1.165, 1.54) is 11.3 Å². The van der Waals surface area contributed by atoms with Crippen LogP contribution in [-0.4, -0.2) is 29.3 Å². The third-order valence-corrected chi connectivity index (χ3v) is 5.86. The lowest BCUT2D eigenvalue weighted by Gasteiger charge is -2.25. The molecule has 0 bridgehead atoms. The standard InChI is InChI=1S/C18H19BrN2O2S/c1-12(13-6-2-3-7-14(13)19)20-17(22)15-8-4-10-21(15)18(23)16-9-5-11-24-16/h2-3,5-7,9,11-12,15H,4,8,10H2,1H3,(H,20,22)/t12-,15-/m0/s1. The SMILES string of the molecule is C[C@H](NC(=O)[C@@H]1CCCN1C(=O)c1cccs1)c1ccccc1Br. The second kappa shape index (κ2) is 7.49. The lowest BCUT2D eigenvalue weighted by molar-refractivity contribution is -0.125. The quantitative estimate of drug-likeness (QED) is 0.833. The summed E-state index contributed by atoms with van der Waals surface area (Å²) in [5, 5.41) is 4.93. The first kappa shape index (κ1) is 17.2. The summed E-state index contributed by atoms with van der Waals surface area (Å²) < 4.78 is 0.968. The molecule has 2 atom stereocenters. The summed E-state index contributed by atoms with van der Waals surface area (Å²) in [6.45, 7) is 2.59. The van der Waals surface area contributed by atoms with Crippen LogP contribution in [0.2, 0.25) is 0 Å². The average molecular weight is 407 g/mol. The minimum atomic E-state index is -0.385. The summed E-state index contributed by atoms with van der Waals surface area (Å²) in [6.07, 6.45) is 1.57. The van der Waals surface area contributed by atoms with Crippen molar-refractivity contribution in [3.8, 4) is 0 Å². The highest BCUT2D eigenvalue weighted by atomic mass is 79.9. The van der Waals surface area contributed by atoms with E-state index in [1.54, 1.807) is 4.90 Å². The van der Waals surface area contributed by atoms with E-state index in [-0.39, 0.29) is 23.9 Å². The summed E-state index contributed by atoms with van der Waals surface area (Å²) in [7, 11) is 0. The lowest BCUT2D eigenvalue weighted by atomic mass is 10.1. The van der Waals surface area contributed by atoms with Gasteiger partial charge in [-0.05, 0) is 42.8 Å². The van der Waals surface area contributed by atoms with Crippen molar-refractivity contribution in [2.45, 2.75) is 31.8 Å². The van der Waals surface area contributed by atoms with Gasteiger partial charge in [0.1, 0.15) is 6.04 Å². The Bertz CT molecular complexity index is 732. The van der Waals surface area contributed by atoms with E-state index < -0.39 is 0 Å². The van der Waals surface area contributed by atoms with Gasteiger partial charge < -0.3 is 10.2 Å². The molecular formula is C18H19BrN2O2S. The van der Waals surface area contributed by atoms with Crippen LogP contribution >= 0.6 is 27.3 Å². The first-order chi connectivity index (χ1) is 11.6. The van der Waals surface area contributed by atoms with Gasteiger partial charge >= 0.3 is 0 Å². The van der Waals surface area contributed by atoms with E-state index in [1.807, 2.05) is 48.7 Å². The molecule has 1 aromatic heterocycles. The number of carbonyl (C=O) groups is 2. The van der Waals surface area contributed by atoms with Crippen LogP contribution in [0, 0.1) is 0 Å². The average Bonchev–Trinajstić information content (AvgIpc) is 3.26. The Morgan fingerprint density at radius 2 is 2.08 bits per heavy atom. The number of carbonyl (C=O) groups excluding carboxylic acids is 2. The Morgan fingerprint density at radius 3 is 2.79 bits per heavy atom. The highest BCUT2D eigenvalue weighted by Crippen LogP contribution is 2.25. The fourth-order valence-corrected chi connectivity index (χ4v) is 4.34. The number of nitrogens with one attached hydrogen (secondary N) is 1. The maximum absolute atomic E-state index is 12.7. The highest BCUT2D eigenvalue weighted by Gasteiger charge is 2.35. The predicted molar refractivity (Wildman–Crippen MR) is 99.1 cm³/mol. The molecule has 24 heavy (non-hydrogen) atoms. The molecular weight excluding hydrogens is 388 g/mol. The molecule has 3 rings (SSSR count). The van der Waals surface area contributed by atoms with Crippen LogP contribution in [-0.2, 0) is 4.79 Å². The van der Waals surface area contributed by atoms with Crippen LogP contribution in [0.4, 0.5) is 0 Å². The monoisotopic (exact) mass is 406 g/mol. The smallest absolute Gasteiger partial charge is 0.264 e. The Morgan fingerprint density at radius 1 is 1.29 bits per heavy atom. The number of thiophene rings is 1. The number of hydrogen-bond donors (Lipinski definition) is 1. The molecule has 1 aromatic carbocycles. The fourth-order valence-electron chi connectivity index (χ4n) is 3.04. The first-order valence-corrected chi connectivity index (χ1v) is 9.64. The Balaban J connectivity index is 1.70. The van der Waals surface area contributed by atoms with Gasteiger partial charge in [-0.2, -0.15) is 0 Å². The Kier molecular flexibility index (Phi) is 5.36. The summed E-state index contributed by atoms with van der Waals surface area (Å²) in [5.74, 6) is -0.128. The highest BCUT2D eigenvalue weighted by molar-refractivity contribution is 9.10. The van der Waals surface area contributed by atoms with E-state index in [9.17, 15) is 9.59 Å². The molecule has 1 N–H and O–H groups in total. The molecule has 1 fully saturated rings. The minimum absolute atomic E-state index is 0.0452. The summed E-state index contributed by atoms with van der Waals surface area (Å²) in [4.78, 5) is 27.7. The number of hydrogen-bond acceptors (Lipinski definition) is 3. The normalized spacial score (nSPS) is 18.4. The van der Waals surface area contributed by atoms with Crippen molar-refractivity contribution < 1.29 is 9.59 Å². The molecule has 0 radical (unpaired) electrons. The Labute approximate surface area is 154 Å². The third-order valence-electron chi connectivity index (χ3n) is 4.28. The molecule has 2 amide bonds.